The van der Waals surface area contributed by atoms with Crippen molar-refractivity contribution in [3.63, 3.8) is 0 Å². The molecule has 2 rings (SSSR count). The van der Waals surface area contributed by atoms with Crippen molar-refractivity contribution >= 4 is 5.97 Å². The van der Waals surface area contributed by atoms with Gasteiger partial charge in [0.05, 0.1) is 5.69 Å². The highest BCUT2D eigenvalue weighted by Crippen LogP contribution is 2.17. The summed E-state index contributed by atoms with van der Waals surface area (Å²) >= 11 is 0. The van der Waals surface area contributed by atoms with Crippen molar-refractivity contribution in [2.45, 2.75) is 32.7 Å². The van der Waals surface area contributed by atoms with E-state index in [9.17, 15) is 4.79 Å². The van der Waals surface area contributed by atoms with Gasteiger partial charge in [-0.25, -0.2) is 9.78 Å². The Kier molecular flexibility index (Phi) is 4.31. The lowest BCUT2D eigenvalue weighted by Crippen LogP contribution is -2.25. The van der Waals surface area contributed by atoms with Gasteiger partial charge in [0.2, 0.25) is 0 Å². The number of hydrogen-bond acceptors (Lipinski definition) is 3. The molecule has 2 heterocycles. The molecule has 1 atom stereocenters. The first-order valence-electron chi connectivity index (χ1n) is 6.57. The van der Waals surface area contributed by atoms with Gasteiger partial charge >= 0.3 is 5.97 Å². The molecule has 0 spiro atoms. The topological polar surface area (TPSA) is 53.4 Å². The standard InChI is InChI=1S/C14H20N2O2/c1-11-4-3-8-16(9-7-11)10-12-5-2-6-13(15-12)14(17)18/h2,5-6,11H,3-4,7-10H2,1H3,(H,17,18). The Morgan fingerprint density at radius 1 is 1.44 bits per heavy atom. The summed E-state index contributed by atoms with van der Waals surface area (Å²) in [4.78, 5) is 17.4. The minimum Gasteiger partial charge on any atom is -0.477 e. The molecule has 1 aromatic heterocycles. The molecule has 1 aromatic rings. The van der Waals surface area contributed by atoms with Gasteiger partial charge in [-0.1, -0.05) is 13.0 Å². The van der Waals surface area contributed by atoms with Gasteiger partial charge < -0.3 is 5.11 Å². The van der Waals surface area contributed by atoms with E-state index in [0.717, 1.165) is 31.2 Å². The van der Waals surface area contributed by atoms with Gasteiger partial charge in [0.25, 0.3) is 0 Å². The van der Waals surface area contributed by atoms with Gasteiger partial charge in [-0.3, -0.25) is 4.90 Å². The lowest BCUT2D eigenvalue weighted by molar-refractivity contribution is 0.0690. The van der Waals surface area contributed by atoms with Crippen LogP contribution in [0.15, 0.2) is 18.2 Å². The number of nitrogens with zero attached hydrogens (tertiary/aromatic N) is 2. The van der Waals surface area contributed by atoms with Crippen molar-refractivity contribution in [3.8, 4) is 0 Å². The van der Waals surface area contributed by atoms with E-state index in [1.807, 2.05) is 6.07 Å². The molecular formula is C14H20N2O2. The molecule has 1 fully saturated rings. The summed E-state index contributed by atoms with van der Waals surface area (Å²) in [5.41, 5.74) is 0.986. The Hall–Kier alpha value is -1.42. The molecule has 1 saturated heterocycles. The monoisotopic (exact) mass is 248 g/mol. The molecule has 0 bridgehead atoms. The number of rotatable bonds is 3. The van der Waals surface area contributed by atoms with Crippen LogP contribution in [0.1, 0.15) is 42.4 Å². The number of likely N-dealkylation sites (tertiary alicyclic amines) is 1. The summed E-state index contributed by atoms with van der Waals surface area (Å²) in [6, 6.07) is 5.21. The lowest BCUT2D eigenvalue weighted by atomic mass is 10.0. The van der Waals surface area contributed by atoms with Gasteiger partial charge in [-0.2, -0.15) is 0 Å². The zero-order chi connectivity index (χ0) is 13.0. The van der Waals surface area contributed by atoms with Crippen LogP contribution >= 0.6 is 0 Å². The van der Waals surface area contributed by atoms with Crippen molar-refractivity contribution in [2.24, 2.45) is 5.92 Å². The molecule has 0 saturated carbocycles. The molecule has 1 unspecified atom stereocenters. The van der Waals surface area contributed by atoms with E-state index in [-0.39, 0.29) is 5.69 Å². The highest BCUT2D eigenvalue weighted by molar-refractivity contribution is 5.85. The van der Waals surface area contributed by atoms with E-state index in [4.69, 9.17) is 5.11 Å². The maximum Gasteiger partial charge on any atom is 0.354 e. The number of aromatic carboxylic acids is 1. The maximum absolute atomic E-state index is 10.9. The Labute approximate surface area is 108 Å². The molecule has 1 aliphatic rings. The van der Waals surface area contributed by atoms with E-state index < -0.39 is 5.97 Å². The number of carbonyl (C=O) groups is 1. The molecule has 18 heavy (non-hydrogen) atoms. The summed E-state index contributed by atoms with van der Waals surface area (Å²) in [7, 11) is 0. The summed E-state index contributed by atoms with van der Waals surface area (Å²) < 4.78 is 0. The van der Waals surface area contributed by atoms with E-state index in [2.05, 4.69) is 16.8 Å². The van der Waals surface area contributed by atoms with E-state index >= 15 is 0 Å². The number of carboxylic acid groups (broad SMARTS) is 1. The second kappa shape index (κ2) is 5.96. The van der Waals surface area contributed by atoms with Crippen LogP contribution in [0.2, 0.25) is 0 Å². The minimum atomic E-state index is -0.957. The fraction of sp³-hybridized carbons (Fsp3) is 0.571. The van der Waals surface area contributed by atoms with Crippen LogP contribution in [-0.2, 0) is 6.54 Å². The highest BCUT2D eigenvalue weighted by atomic mass is 16.4. The molecule has 98 valence electrons. The first-order valence-corrected chi connectivity index (χ1v) is 6.57. The second-order valence-corrected chi connectivity index (χ2v) is 5.13. The van der Waals surface area contributed by atoms with Crippen molar-refractivity contribution < 1.29 is 9.90 Å². The van der Waals surface area contributed by atoms with E-state index in [1.165, 1.54) is 25.3 Å². The molecule has 0 aliphatic carbocycles. The minimum absolute atomic E-state index is 0.135. The van der Waals surface area contributed by atoms with Crippen LogP contribution in [0.5, 0.6) is 0 Å². The summed E-state index contributed by atoms with van der Waals surface area (Å²) in [6.07, 6.45) is 3.73. The average Bonchev–Trinajstić information content (AvgIpc) is 2.55. The normalized spacial score (nSPS) is 21.5. The summed E-state index contributed by atoms with van der Waals surface area (Å²) in [6.45, 7) is 5.23. The number of pyridine rings is 1. The Bertz CT molecular complexity index is 420. The third kappa shape index (κ3) is 3.53. The third-order valence-electron chi connectivity index (χ3n) is 3.52. The lowest BCUT2D eigenvalue weighted by Gasteiger charge is -2.19. The molecule has 1 aliphatic heterocycles. The van der Waals surface area contributed by atoms with Gasteiger partial charge in [0, 0.05) is 6.54 Å². The predicted molar refractivity (Wildman–Crippen MR) is 69.5 cm³/mol. The Balaban J connectivity index is 2.00. The SMILES string of the molecule is CC1CCCN(Cc2cccc(C(=O)O)n2)CC1. The predicted octanol–water partition coefficient (Wildman–Crippen LogP) is 2.40. The zero-order valence-corrected chi connectivity index (χ0v) is 10.8. The van der Waals surface area contributed by atoms with Crippen LogP contribution in [0.3, 0.4) is 0 Å². The zero-order valence-electron chi connectivity index (χ0n) is 10.8. The van der Waals surface area contributed by atoms with Crippen molar-refractivity contribution in [2.75, 3.05) is 13.1 Å². The van der Waals surface area contributed by atoms with Gasteiger partial charge in [0.1, 0.15) is 5.69 Å². The Morgan fingerprint density at radius 3 is 3.06 bits per heavy atom. The molecule has 0 aromatic carbocycles. The van der Waals surface area contributed by atoms with Crippen molar-refractivity contribution in [1.29, 1.82) is 0 Å². The van der Waals surface area contributed by atoms with Crippen LogP contribution in [-0.4, -0.2) is 34.0 Å². The first kappa shape index (κ1) is 13.0. The van der Waals surface area contributed by atoms with Crippen LogP contribution in [0.25, 0.3) is 0 Å². The van der Waals surface area contributed by atoms with Gasteiger partial charge in [-0.15, -0.1) is 0 Å². The molecule has 0 amide bonds. The highest BCUT2D eigenvalue weighted by Gasteiger charge is 2.14. The first-order chi connectivity index (χ1) is 8.65. The smallest absolute Gasteiger partial charge is 0.354 e. The van der Waals surface area contributed by atoms with Gasteiger partial charge in [-0.05, 0) is 50.4 Å². The van der Waals surface area contributed by atoms with Crippen molar-refractivity contribution in [1.82, 2.24) is 9.88 Å². The van der Waals surface area contributed by atoms with Crippen molar-refractivity contribution in [3.05, 3.63) is 29.6 Å². The van der Waals surface area contributed by atoms with E-state index in [0.29, 0.717) is 0 Å². The molecule has 0 radical (unpaired) electrons. The third-order valence-corrected chi connectivity index (χ3v) is 3.52. The maximum atomic E-state index is 10.9. The van der Waals surface area contributed by atoms with Gasteiger partial charge in [0.15, 0.2) is 0 Å². The summed E-state index contributed by atoms with van der Waals surface area (Å²) in [5.74, 6) is -0.158. The largest absolute Gasteiger partial charge is 0.477 e. The fourth-order valence-corrected chi connectivity index (χ4v) is 2.40. The van der Waals surface area contributed by atoms with Crippen LogP contribution in [0, 0.1) is 5.92 Å². The fourth-order valence-electron chi connectivity index (χ4n) is 2.40. The Morgan fingerprint density at radius 2 is 2.28 bits per heavy atom. The quantitative estimate of drug-likeness (QED) is 0.892. The van der Waals surface area contributed by atoms with Crippen LogP contribution < -0.4 is 0 Å². The second-order valence-electron chi connectivity index (χ2n) is 5.13. The van der Waals surface area contributed by atoms with Crippen LogP contribution in [0.4, 0.5) is 0 Å². The number of aromatic nitrogens is 1. The molecule has 4 heteroatoms. The summed E-state index contributed by atoms with van der Waals surface area (Å²) in [5, 5.41) is 8.92. The van der Waals surface area contributed by atoms with E-state index in [1.54, 1.807) is 6.07 Å². The number of carboxylic acids is 1. The molecule has 1 N–H and O–H groups in total. The molecular weight excluding hydrogens is 228 g/mol. The number of hydrogen-bond donors (Lipinski definition) is 1. The average molecular weight is 248 g/mol. The molecule has 4 nitrogen and oxygen atoms in total.